The fraction of sp³-hybridized carbons (Fsp3) is 0.350. The van der Waals surface area contributed by atoms with Gasteiger partial charge in [0, 0.05) is 12.2 Å². The molecule has 2 aromatic carbocycles. The third kappa shape index (κ3) is 4.73. The number of carbonyl (C=O) groups excluding carboxylic acids is 1. The first-order valence-electron chi connectivity index (χ1n) is 8.74. The van der Waals surface area contributed by atoms with E-state index >= 15 is 0 Å². The summed E-state index contributed by atoms with van der Waals surface area (Å²) in [6.07, 6.45) is 2.45. The van der Waals surface area contributed by atoms with E-state index in [1.807, 2.05) is 30.3 Å². The van der Waals surface area contributed by atoms with Gasteiger partial charge in [-0.05, 0) is 55.8 Å². The Balaban J connectivity index is 1.59. The number of nitrogens with one attached hydrogen (secondary N) is 2. The normalized spacial score (nSPS) is 15.6. The van der Waals surface area contributed by atoms with Gasteiger partial charge in [0.1, 0.15) is 5.75 Å². The molecule has 1 heterocycles. The van der Waals surface area contributed by atoms with E-state index in [-0.39, 0.29) is 12.1 Å². The van der Waals surface area contributed by atoms with E-state index in [0.717, 1.165) is 24.5 Å². The molecule has 1 aliphatic heterocycles. The van der Waals surface area contributed by atoms with Crippen LogP contribution in [0, 0.1) is 0 Å². The number of carbonyl (C=O) groups is 1. The van der Waals surface area contributed by atoms with Crippen molar-refractivity contribution >= 4 is 11.7 Å². The minimum Gasteiger partial charge on any atom is -0.497 e. The number of nitrogens with zero attached hydrogens (tertiary/aromatic N) is 1. The van der Waals surface area contributed by atoms with Crippen molar-refractivity contribution in [2.45, 2.75) is 18.9 Å². The fourth-order valence-electron chi connectivity index (χ4n) is 3.23. The molecule has 1 aliphatic rings. The van der Waals surface area contributed by atoms with E-state index in [1.165, 1.54) is 18.4 Å². The number of amides is 2. The summed E-state index contributed by atoms with van der Waals surface area (Å²) in [5.74, 6) is 0.768. The molecular weight excluding hydrogens is 314 g/mol. The van der Waals surface area contributed by atoms with E-state index in [9.17, 15) is 4.79 Å². The Labute approximate surface area is 149 Å². The predicted molar refractivity (Wildman–Crippen MR) is 100 cm³/mol. The Morgan fingerprint density at radius 2 is 1.76 bits per heavy atom. The number of methoxy groups -OCH3 is 1. The zero-order valence-electron chi connectivity index (χ0n) is 14.6. The van der Waals surface area contributed by atoms with Crippen LogP contribution in [0.15, 0.2) is 54.6 Å². The molecule has 2 amide bonds. The molecule has 0 aliphatic carbocycles. The lowest BCUT2D eigenvalue weighted by molar-refractivity contribution is 0.227. The van der Waals surface area contributed by atoms with Crippen LogP contribution in [0.2, 0.25) is 0 Å². The summed E-state index contributed by atoms with van der Waals surface area (Å²) in [7, 11) is 1.62. The first-order chi connectivity index (χ1) is 12.3. The SMILES string of the molecule is COc1ccc(NC(=O)NCC(c2ccccc2)N2CCCC2)cc1. The van der Waals surface area contributed by atoms with Gasteiger partial charge in [-0.1, -0.05) is 30.3 Å². The van der Waals surface area contributed by atoms with Gasteiger partial charge in [-0.2, -0.15) is 0 Å². The third-order valence-electron chi connectivity index (χ3n) is 4.57. The summed E-state index contributed by atoms with van der Waals surface area (Å²) in [5.41, 5.74) is 1.99. The molecule has 25 heavy (non-hydrogen) atoms. The Hall–Kier alpha value is -2.53. The molecule has 3 rings (SSSR count). The zero-order valence-corrected chi connectivity index (χ0v) is 14.6. The number of hydrogen-bond acceptors (Lipinski definition) is 3. The number of anilines is 1. The van der Waals surface area contributed by atoms with Crippen molar-refractivity contribution in [2.75, 3.05) is 32.1 Å². The fourth-order valence-corrected chi connectivity index (χ4v) is 3.23. The summed E-state index contributed by atoms with van der Waals surface area (Å²) in [6.45, 7) is 2.76. The van der Waals surface area contributed by atoms with Crippen molar-refractivity contribution in [1.82, 2.24) is 10.2 Å². The van der Waals surface area contributed by atoms with Crippen LogP contribution >= 0.6 is 0 Å². The molecule has 132 valence electrons. The highest BCUT2D eigenvalue weighted by Crippen LogP contribution is 2.24. The molecule has 2 aromatic rings. The summed E-state index contributed by atoms with van der Waals surface area (Å²) in [4.78, 5) is 14.7. The highest BCUT2D eigenvalue weighted by Gasteiger charge is 2.23. The Bertz CT molecular complexity index is 667. The minimum absolute atomic E-state index is 0.190. The molecule has 5 heteroatoms. The van der Waals surface area contributed by atoms with Crippen LogP contribution in [0.25, 0.3) is 0 Å². The summed E-state index contributed by atoms with van der Waals surface area (Å²) >= 11 is 0. The standard InChI is InChI=1S/C20H25N3O2/c1-25-18-11-9-17(10-12-18)22-20(24)21-15-19(23-13-5-6-14-23)16-7-3-2-4-8-16/h2-4,7-12,19H,5-6,13-15H2,1H3,(H2,21,22,24). The predicted octanol–water partition coefficient (Wildman–Crippen LogP) is 3.65. The molecule has 1 saturated heterocycles. The molecule has 1 unspecified atom stereocenters. The van der Waals surface area contributed by atoms with E-state index in [2.05, 4.69) is 39.8 Å². The van der Waals surface area contributed by atoms with Gasteiger partial charge in [0.05, 0.1) is 13.2 Å². The van der Waals surface area contributed by atoms with Crippen molar-refractivity contribution in [3.05, 3.63) is 60.2 Å². The number of rotatable bonds is 6. The average Bonchev–Trinajstić information content (AvgIpc) is 3.18. The van der Waals surface area contributed by atoms with Crippen LogP contribution in [0.4, 0.5) is 10.5 Å². The summed E-state index contributed by atoms with van der Waals surface area (Å²) in [5, 5.41) is 5.88. The number of benzene rings is 2. The lowest BCUT2D eigenvalue weighted by atomic mass is 10.1. The third-order valence-corrected chi connectivity index (χ3v) is 4.57. The number of likely N-dealkylation sites (tertiary alicyclic amines) is 1. The van der Waals surface area contributed by atoms with Crippen molar-refractivity contribution in [3.63, 3.8) is 0 Å². The molecular formula is C20H25N3O2. The summed E-state index contributed by atoms with van der Waals surface area (Å²) < 4.78 is 5.13. The topological polar surface area (TPSA) is 53.6 Å². The van der Waals surface area contributed by atoms with Gasteiger partial charge < -0.3 is 15.4 Å². The van der Waals surface area contributed by atoms with Crippen LogP contribution in [0.5, 0.6) is 5.75 Å². The Kier molecular flexibility index (Phi) is 5.90. The van der Waals surface area contributed by atoms with E-state index in [1.54, 1.807) is 7.11 Å². The maximum Gasteiger partial charge on any atom is 0.319 e. The first-order valence-corrected chi connectivity index (χ1v) is 8.74. The molecule has 0 saturated carbocycles. The van der Waals surface area contributed by atoms with Gasteiger partial charge >= 0.3 is 6.03 Å². The smallest absolute Gasteiger partial charge is 0.319 e. The molecule has 0 radical (unpaired) electrons. The zero-order chi connectivity index (χ0) is 17.5. The van der Waals surface area contributed by atoms with Crippen molar-refractivity contribution in [1.29, 1.82) is 0 Å². The quantitative estimate of drug-likeness (QED) is 0.844. The Morgan fingerprint density at radius 3 is 2.40 bits per heavy atom. The average molecular weight is 339 g/mol. The van der Waals surface area contributed by atoms with E-state index < -0.39 is 0 Å². The minimum atomic E-state index is -0.190. The number of hydrogen-bond donors (Lipinski definition) is 2. The number of ether oxygens (including phenoxy) is 1. The molecule has 0 bridgehead atoms. The lowest BCUT2D eigenvalue weighted by Crippen LogP contribution is -2.38. The van der Waals surface area contributed by atoms with Gasteiger partial charge in [0.15, 0.2) is 0 Å². The van der Waals surface area contributed by atoms with Crippen LogP contribution in [-0.4, -0.2) is 37.7 Å². The van der Waals surface area contributed by atoms with E-state index in [0.29, 0.717) is 6.54 Å². The molecule has 0 aromatic heterocycles. The van der Waals surface area contributed by atoms with Gasteiger partial charge in [-0.3, -0.25) is 4.90 Å². The second kappa shape index (κ2) is 8.53. The van der Waals surface area contributed by atoms with Gasteiger partial charge in [0.25, 0.3) is 0 Å². The summed E-state index contributed by atoms with van der Waals surface area (Å²) in [6, 6.07) is 17.7. The van der Waals surface area contributed by atoms with Crippen LogP contribution in [-0.2, 0) is 0 Å². The highest BCUT2D eigenvalue weighted by atomic mass is 16.5. The number of urea groups is 1. The van der Waals surface area contributed by atoms with Crippen LogP contribution in [0.3, 0.4) is 0 Å². The van der Waals surface area contributed by atoms with Crippen LogP contribution in [0.1, 0.15) is 24.4 Å². The second-order valence-electron chi connectivity index (χ2n) is 6.23. The monoisotopic (exact) mass is 339 g/mol. The maximum atomic E-state index is 12.2. The molecule has 2 N–H and O–H groups in total. The molecule has 1 fully saturated rings. The lowest BCUT2D eigenvalue weighted by Gasteiger charge is -2.28. The second-order valence-corrected chi connectivity index (χ2v) is 6.23. The molecule has 5 nitrogen and oxygen atoms in total. The Morgan fingerprint density at radius 1 is 1.08 bits per heavy atom. The van der Waals surface area contributed by atoms with Gasteiger partial charge in [-0.15, -0.1) is 0 Å². The maximum absolute atomic E-state index is 12.2. The van der Waals surface area contributed by atoms with Gasteiger partial charge in [0.2, 0.25) is 0 Å². The van der Waals surface area contributed by atoms with Crippen molar-refractivity contribution < 1.29 is 9.53 Å². The van der Waals surface area contributed by atoms with Crippen LogP contribution < -0.4 is 15.4 Å². The van der Waals surface area contributed by atoms with Crippen molar-refractivity contribution in [3.8, 4) is 5.75 Å². The first kappa shape index (κ1) is 17.3. The largest absolute Gasteiger partial charge is 0.497 e. The highest BCUT2D eigenvalue weighted by molar-refractivity contribution is 5.89. The van der Waals surface area contributed by atoms with E-state index in [4.69, 9.17) is 4.74 Å². The van der Waals surface area contributed by atoms with Gasteiger partial charge in [-0.25, -0.2) is 4.79 Å². The van der Waals surface area contributed by atoms with Crippen molar-refractivity contribution in [2.24, 2.45) is 0 Å². The molecule has 0 spiro atoms. The molecule has 1 atom stereocenters.